The molecule has 0 aliphatic rings. The van der Waals surface area contributed by atoms with Crippen molar-refractivity contribution in [3.8, 4) is 0 Å². The molecule has 0 spiro atoms. The van der Waals surface area contributed by atoms with Crippen LogP contribution in [-0.4, -0.2) is 49.7 Å². The number of aromatic amines is 1. The zero-order chi connectivity index (χ0) is 24.2. The van der Waals surface area contributed by atoms with Gasteiger partial charge in [0, 0.05) is 13.7 Å². The summed E-state index contributed by atoms with van der Waals surface area (Å²) < 4.78 is 31.3. The molecule has 3 N–H and O–H groups in total. The van der Waals surface area contributed by atoms with Gasteiger partial charge in [-0.1, -0.05) is 40.7 Å². The van der Waals surface area contributed by atoms with Gasteiger partial charge in [0.05, 0.1) is 11.9 Å². The van der Waals surface area contributed by atoms with Crippen LogP contribution >= 0.6 is 0 Å². The monoisotopic (exact) mass is 442 g/mol. The fourth-order valence-electron chi connectivity index (χ4n) is 1.59. The fourth-order valence-corrected chi connectivity index (χ4v) is 1.59. The zero-order valence-electron chi connectivity index (χ0n) is 19.5. The van der Waals surface area contributed by atoms with Crippen molar-refractivity contribution in [3.63, 3.8) is 0 Å². The Morgan fingerprint density at radius 3 is 2.10 bits per heavy atom. The molecule has 31 heavy (non-hydrogen) atoms. The Morgan fingerprint density at radius 1 is 1.23 bits per heavy atom. The summed E-state index contributed by atoms with van der Waals surface area (Å²) in [6.45, 7) is 12.6. The van der Waals surface area contributed by atoms with Crippen LogP contribution in [0, 0.1) is 17.6 Å². The van der Waals surface area contributed by atoms with Crippen molar-refractivity contribution >= 4 is 17.9 Å². The van der Waals surface area contributed by atoms with Gasteiger partial charge >= 0.3 is 0 Å². The number of ether oxygens (including phenoxy) is 1. The van der Waals surface area contributed by atoms with Crippen LogP contribution in [0.25, 0.3) is 0 Å². The predicted molar refractivity (Wildman–Crippen MR) is 121 cm³/mol. The number of methoxy groups -OCH3 is 1. The molecule has 1 amide bonds. The number of rotatable bonds is 6. The molecular formula is C22H36F2N4O3. The Kier molecular flexibility index (Phi) is 19.0. The third kappa shape index (κ3) is 14.9. The lowest BCUT2D eigenvalue weighted by Gasteiger charge is -2.05. The minimum atomic E-state index is -0.991. The van der Waals surface area contributed by atoms with Gasteiger partial charge in [0.1, 0.15) is 22.9 Å². The van der Waals surface area contributed by atoms with Crippen LogP contribution in [-0.2, 0) is 4.74 Å². The lowest BCUT2D eigenvalue weighted by atomic mass is 10.2. The number of hydrogen-bond donors (Lipinski definition) is 3. The van der Waals surface area contributed by atoms with Crippen LogP contribution in [0.2, 0.25) is 0 Å². The Bertz CT molecular complexity index is 710. The van der Waals surface area contributed by atoms with E-state index in [4.69, 9.17) is 4.74 Å². The highest BCUT2D eigenvalue weighted by Gasteiger charge is 2.18. The van der Waals surface area contributed by atoms with Crippen molar-refractivity contribution in [2.45, 2.75) is 41.0 Å². The summed E-state index contributed by atoms with van der Waals surface area (Å²) >= 11 is 0. The largest absolute Gasteiger partial charge is 0.385 e. The molecule has 1 aromatic heterocycles. The van der Waals surface area contributed by atoms with Crippen molar-refractivity contribution in [1.82, 2.24) is 15.5 Å². The van der Waals surface area contributed by atoms with Gasteiger partial charge in [-0.3, -0.25) is 14.7 Å². The molecular weight excluding hydrogens is 406 g/mol. The highest BCUT2D eigenvalue weighted by Crippen LogP contribution is 2.16. The molecule has 1 heterocycles. The number of hydrogen-bond acceptors (Lipinski definition) is 5. The maximum absolute atomic E-state index is 13.3. The second-order valence-electron chi connectivity index (χ2n) is 6.80. The number of carbonyl (C=O) groups is 2. The number of nitrogens with zero attached hydrogens (tertiary/aromatic N) is 1. The smallest absolute Gasteiger partial charge is 0.261 e. The van der Waals surface area contributed by atoms with Crippen molar-refractivity contribution in [2.24, 2.45) is 5.92 Å². The average molecular weight is 443 g/mol. The topological polar surface area (TPSA) is 96.1 Å². The van der Waals surface area contributed by atoms with Crippen molar-refractivity contribution in [2.75, 3.05) is 32.6 Å². The van der Waals surface area contributed by atoms with Gasteiger partial charge < -0.3 is 15.4 Å². The molecule has 176 valence electrons. The molecule has 7 nitrogen and oxygen atoms in total. The van der Waals surface area contributed by atoms with E-state index in [2.05, 4.69) is 55.4 Å². The van der Waals surface area contributed by atoms with E-state index in [0.717, 1.165) is 43.7 Å². The van der Waals surface area contributed by atoms with Gasteiger partial charge in [0.25, 0.3) is 5.91 Å². The molecule has 9 heteroatoms. The summed E-state index contributed by atoms with van der Waals surface area (Å²) in [4.78, 5) is 22.2. The maximum Gasteiger partial charge on any atom is 0.261 e. The number of nitrogens with one attached hydrogen (secondary N) is 3. The number of anilines is 1. The van der Waals surface area contributed by atoms with Crippen LogP contribution in [0.5, 0.6) is 0 Å². The summed E-state index contributed by atoms with van der Waals surface area (Å²) in [6, 6.07) is 3.08. The number of aromatic nitrogens is 2. The van der Waals surface area contributed by atoms with E-state index in [0.29, 0.717) is 6.29 Å². The van der Waals surface area contributed by atoms with Gasteiger partial charge in [0.2, 0.25) is 0 Å². The highest BCUT2D eigenvalue weighted by atomic mass is 19.1. The molecule has 0 fully saturated rings. The van der Waals surface area contributed by atoms with Crippen LogP contribution in [0.15, 0.2) is 24.4 Å². The Morgan fingerprint density at radius 2 is 1.74 bits per heavy atom. The minimum Gasteiger partial charge on any atom is -0.385 e. The van der Waals surface area contributed by atoms with Gasteiger partial charge in [-0.25, -0.2) is 8.78 Å². The van der Waals surface area contributed by atoms with Crippen molar-refractivity contribution < 1.29 is 23.1 Å². The predicted octanol–water partition coefficient (Wildman–Crippen LogP) is 4.68. The molecule has 0 radical (unpaired) electrons. The molecule has 0 unspecified atom stereocenters. The highest BCUT2D eigenvalue weighted by molar-refractivity contribution is 6.06. The third-order valence-corrected chi connectivity index (χ3v) is 2.99. The standard InChI is InChI=1S/C11H7F2N3O2.C4H10O.C4H10.C3H9N/c12-6-2-1-3-7(13)10(6)11(18)15-8-4-14-16-9(8)5-17;1-3-4-5-2;1-4(2)3;1-3-4-2/h1-5H,(H,14,16)(H,15,18);3-4H2,1-2H3;4H,1-3H3;4H,3H2,1-2H3. The molecule has 0 bridgehead atoms. The molecule has 0 saturated heterocycles. The van der Waals surface area contributed by atoms with Gasteiger partial charge in [-0.15, -0.1) is 0 Å². The minimum absolute atomic E-state index is 0.0140. The van der Waals surface area contributed by atoms with E-state index >= 15 is 0 Å². The van der Waals surface area contributed by atoms with Gasteiger partial charge in [-0.05, 0) is 38.1 Å². The number of amides is 1. The van der Waals surface area contributed by atoms with Crippen LogP contribution in [0.4, 0.5) is 14.5 Å². The van der Waals surface area contributed by atoms with Gasteiger partial charge in [0.15, 0.2) is 6.29 Å². The number of halogens is 2. The van der Waals surface area contributed by atoms with Gasteiger partial charge in [-0.2, -0.15) is 5.10 Å². The van der Waals surface area contributed by atoms with E-state index in [1.54, 1.807) is 7.11 Å². The Hall–Kier alpha value is -2.65. The lowest BCUT2D eigenvalue weighted by Crippen LogP contribution is -2.16. The van der Waals surface area contributed by atoms with E-state index in [-0.39, 0.29) is 11.4 Å². The van der Waals surface area contributed by atoms with E-state index in [1.807, 2.05) is 7.05 Å². The number of benzene rings is 1. The zero-order valence-corrected chi connectivity index (χ0v) is 19.5. The third-order valence-electron chi connectivity index (χ3n) is 2.99. The molecule has 0 aliphatic heterocycles. The van der Waals surface area contributed by atoms with E-state index < -0.39 is 23.1 Å². The normalized spacial score (nSPS) is 9.35. The molecule has 0 aliphatic carbocycles. The molecule has 1 aromatic carbocycles. The van der Waals surface area contributed by atoms with Crippen LogP contribution < -0.4 is 10.6 Å². The first-order valence-corrected chi connectivity index (χ1v) is 10.1. The molecule has 0 atom stereocenters. The summed E-state index contributed by atoms with van der Waals surface area (Å²) in [5.74, 6) is -2.12. The first-order chi connectivity index (χ1) is 14.7. The quantitative estimate of drug-likeness (QED) is 0.565. The molecule has 2 aromatic rings. The Labute approximate surface area is 184 Å². The lowest BCUT2D eigenvalue weighted by molar-refractivity contribution is 0.101. The first kappa shape index (κ1) is 30.5. The number of H-pyrrole nitrogens is 1. The second-order valence-corrected chi connectivity index (χ2v) is 6.80. The summed E-state index contributed by atoms with van der Waals surface area (Å²) in [6.07, 6.45) is 2.72. The van der Waals surface area contributed by atoms with E-state index in [9.17, 15) is 18.4 Å². The average Bonchev–Trinajstić information content (AvgIpc) is 3.16. The summed E-state index contributed by atoms with van der Waals surface area (Å²) in [5.41, 5.74) is -0.645. The molecule has 0 saturated carbocycles. The number of aldehydes is 1. The summed E-state index contributed by atoms with van der Waals surface area (Å²) in [5, 5.41) is 11.0. The molecule has 2 rings (SSSR count). The second kappa shape index (κ2) is 19.3. The first-order valence-electron chi connectivity index (χ1n) is 10.1. The number of carbonyl (C=O) groups excluding carboxylic acids is 2. The summed E-state index contributed by atoms with van der Waals surface area (Å²) in [7, 11) is 3.64. The van der Waals surface area contributed by atoms with Crippen LogP contribution in [0.1, 0.15) is 61.9 Å². The van der Waals surface area contributed by atoms with E-state index in [1.165, 1.54) is 6.20 Å². The fraction of sp³-hybridized carbons (Fsp3) is 0.500. The van der Waals surface area contributed by atoms with Crippen molar-refractivity contribution in [1.29, 1.82) is 0 Å². The van der Waals surface area contributed by atoms with Crippen molar-refractivity contribution in [3.05, 3.63) is 47.3 Å². The maximum atomic E-state index is 13.3. The van der Waals surface area contributed by atoms with Crippen LogP contribution in [0.3, 0.4) is 0 Å². The SMILES string of the molecule is CC(C)C.CCCOC.CCNC.O=Cc1[nH]ncc1NC(=O)c1c(F)cccc1F. The Balaban J connectivity index is 0.